The molecule has 0 aliphatic carbocycles. The number of methoxy groups -OCH3 is 2. The van der Waals surface area contributed by atoms with E-state index in [4.69, 9.17) is 21.1 Å². The smallest absolute Gasteiger partial charge is 0.264 e. The normalized spacial score (nSPS) is 11.9. The number of hydrogen-bond donors (Lipinski definition) is 1. The van der Waals surface area contributed by atoms with Crippen LogP contribution < -0.4 is 19.1 Å². The van der Waals surface area contributed by atoms with Gasteiger partial charge in [-0.15, -0.1) is 0 Å². The van der Waals surface area contributed by atoms with E-state index in [-0.39, 0.29) is 41.2 Å². The Morgan fingerprint density at radius 3 is 2.11 bits per heavy atom. The predicted molar refractivity (Wildman–Crippen MR) is 184 cm³/mol. The van der Waals surface area contributed by atoms with Crippen molar-refractivity contribution in [2.24, 2.45) is 0 Å². The van der Waals surface area contributed by atoms with E-state index in [0.29, 0.717) is 10.8 Å². The standard InChI is InChI=1S/C36H40ClN3O6S/c1-25(2)38-36(42)32(21-27-12-7-6-8-13-27)39(23-28-14-10-9-11-26(28)3)35(41)24-40(30-17-15-29(37)16-18-30)47(43,44)31-19-20-33(45-4)34(22-31)46-5/h6-20,22,25,32H,21,23-24H2,1-5H3,(H,38,42). The number of amides is 2. The summed E-state index contributed by atoms with van der Waals surface area (Å²) in [5, 5.41) is 3.37. The third-order valence-electron chi connectivity index (χ3n) is 7.64. The molecule has 11 heteroatoms. The fourth-order valence-corrected chi connectivity index (χ4v) is 6.70. The maximum atomic E-state index is 14.6. The molecule has 248 valence electrons. The molecule has 4 rings (SSSR count). The molecule has 4 aromatic rings. The average Bonchev–Trinajstić information content (AvgIpc) is 3.06. The first-order valence-electron chi connectivity index (χ1n) is 15.1. The molecule has 0 aromatic heterocycles. The van der Waals surface area contributed by atoms with Crippen LogP contribution in [-0.4, -0.2) is 58.0 Å². The Morgan fingerprint density at radius 2 is 1.49 bits per heavy atom. The number of rotatable bonds is 14. The first-order valence-corrected chi connectivity index (χ1v) is 16.9. The lowest BCUT2D eigenvalue weighted by Gasteiger charge is -2.34. The summed E-state index contributed by atoms with van der Waals surface area (Å²) >= 11 is 6.16. The van der Waals surface area contributed by atoms with Crippen LogP contribution in [0.3, 0.4) is 0 Å². The highest BCUT2D eigenvalue weighted by Gasteiger charge is 2.35. The van der Waals surface area contributed by atoms with Crippen molar-refractivity contribution in [1.29, 1.82) is 0 Å². The summed E-state index contributed by atoms with van der Waals surface area (Å²) in [5.41, 5.74) is 2.84. The van der Waals surface area contributed by atoms with Crippen molar-refractivity contribution in [2.45, 2.75) is 50.7 Å². The zero-order valence-electron chi connectivity index (χ0n) is 27.1. The second kappa shape index (κ2) is 15.8. The molecular weight excluding hydrogens is 638 g/mol. The van der Waals surface area contributed by atoms with E-state index in [2.05, 4.69) is 5.32 Å². The summed E-state index contributed by atoms with van der Waals surface area (Å²) in [7, 11) is -1.49. The van der Waals surface area contributed by atoms with E-state index < -0.39 is 28.5 Å². The minimum Gasteiger partial charge on any atom is -0.493 e. The molecule has 0 aliphatic heterocycles. The molecule has 1 N–H and O–H groups in total. The number of benzene rings is 4. The largest absolute Gasteiger partial charge is 0.493 e. The van der Waals surface area contributed by atoms with Gasteiger partial charge in [-0.05, 0) is 73.9 Å². The molecular formula is C36H40ClN3O6S. The van der Waals surface area contributed by atoms with Crippen molar-refractivity contribution >= 4 is 39.1 Å². The van der Waals surface area contributed by atoms with Gasteiger partial charge in [0.05, 0.1) is 24.8 Å². The van der Waals surface area contributed by atoms with E-state index in [1.807, 2.05) is 75.4 Å². The number of hydrogen-bond acceptors (Lipinski definition) is 6. The van der Waals surface area contributed by atoms with Crippen molar-refractivity contribution in [3.8, 4) is 11.5 Å². The number of halogens is 1. The Labute approximate surface area is 282 Å². The Kier molecular flexibility index (Phi) is 11.9. The summed E-state index contributed by atoms with van der Waals surface area (Å²) in [6, 6.07) is 26.3. The van der Waals surface area contributed by atoms with Gasteiger partial charge in [0.25, 0.3) is 10.0 Å². The number of anilines is 1. The van der Waals surface area contributed by atoms with Crippen LogP contribution in [-0.2, 0) is 32.6 Å². The molecule has 0 bridgehead atoms. The van der Waals surface area contributed by atoms with Crippen LogP contribution in [0.4, 0.5) is 5.69 Å². The molecule has 0 aliphatic rings. The van der Waals surface area contributed by atoms with Crippen LogP contribution in [0.2, 0.25) is 5.02 Å². The van der Waals surface area contributed by atoms with Crippen LogP contribution in [0.1, 0.15) is 30.5 Å². The molecule has 0 heterocycles. The van der Waals surface area contributed by atoms with Crippen molar-refractivity contribution in [3.63, 3.8) is 0 Å². The second-order valence-electron chi connectivity index (χ2n) is 11.3. The number of nitrogens with one attached hydrogen (secondary N) is 1. The Hall–Kier alpha value is -4.54. The van der Waals surface area contributed by atoms with Gasteiger partial charge in [0, 0.05) is 30.1 Å². The number of ether oxygens (including phenoxy) is 2. The summed E-state index contributed by atoms with van der Waals surface area (Å²) in [5.74, 6) is -0.339. The van der Waals surface area contributed by atoms with Crippen LogP contribution in [0.5, 0.6) is 11.5 Å². The van der Waals surface area contributed by atoms with E-state index >= 15 is 0 Å². The third kappa shape index (κ3) is 8.84. The zero-order chi connectivity index (χ0) is 34.1. The van der Waals surface area contributed by atoms with Gasteiger partial charge in [-0.1, -0.05) is 66.2 Å². The molecule has 1 unspecified atom stereocenters. The van der Waals surface area contributed by atoms with Crippen LogP contribution in [0.25, 0.3) is 0 Å². The van der Waals surface area contributed by atoms with Crippen molar-refractivity contribution in [1.82, 2.24) is 10.2 Å². The lowest BCUT2D eigenvalue weighted by Crippen LogP contribution is -2.54. The van der Waals surface area contributed by atoms with Gasteiger partial charge in [0.15, 0.2) is 11.5 Å². The number of aryl methyl sites for hydroxylation is 1. The van der Waals surface area contributed by atoms with Crippen molar-refractivity contribution < 1.29 is 27.5 Å². The van der Waals surface area contributed by atoms with E-state index in [1.165, 1.54) is 49.5 Å². The van der Waals surface area contributed by atoms with Gasteiger partial charge >= 0.3 is 0 Å². The number of carbonyl (C=O) groups is 2. The molecule has 9 nitrogen and oxygen atoms in total. The molecule has 2 amide bonds. The number of sulfonamides is 1. The topological polar surface area (TPSA) is 105 Å². The maximum absolute atomic E-state index is 14.6. The van der Waals surface area contributed by atoms with Crippen LogP contribution >= 0.6 is 11.6 Å². The van der Waals surface area contributed by atoms with E-state index in [0.717, 1.165) is 21.0 Å². The first-order chi connectivity index (χ1) is 22.4. The zero-order valence-corrected chi connectivity index (χ0v) is 28.7. The van der Waals surface area contributed by atoms with Crippen molar-refractivity contribution in [2.75, 3.05) is 25.1 Å². The van der Waals surface area contributed by atoms with Crippen LogP contribution in [0.15, 0.2) is 102 Å². The third-order valence-corrected chi connectivity index (χ3v) is 9.66. The van der Waals surface area contributed by atoms with Gasteiger partial charge in [-0.2, -0.15) is 0 Å². The summed E-state index contributed by atoms with van der Waals surface area (Å²) < 4.78 is 40.4. The molecule has 47 heavy (non-hydrogen) atoms. The minimum absolute atomic E-state index is 0.0827. The molecule has 0 saturated heterocycles. The highest BCUT2D eigenvalue weighted by molar-refractivity contribution is 7.92. The molecule has 0 saturated carbocycles. The maximum Gasteiger partial charge on any atom is 0.264 e. The predicted octanol–water partition coefficient (Wildman–Crippen LogP) is 6.03. The lowest BCUT2D eigenvalue weighted by molar-refractivity contribution is -0.140. The molecule has 0 radical (unpaired) electrons. The van der Waals surface area contributed by atoms with Gasteiger partial charge in [-0.3, -0.25) is 13.9 Å². The SMILES string of the molecule is COc1ccc(S(=O)(=O)N(CC(=O)N(Cc2ccccc2C)C(Cc2ccccc2)C(=O)NC(C)C)c2ccc(Cl)cc2)cc1OC. The number of nitrogens with zero attached hydrogens (tertiary/aromatic N) is 2. The Balaban J connectivity index is 1.83. The Morgan fingerprint density at radius 1 is 0.851 bits per heavy atom. The van der Waals surface area contributed by atoms with Gasteiger partial charge in [-0.25, -0.2) is 8.42 Å². The fraction of sp³-hybridized carbons (Fsp3) is 0.278. The van der Waals surface area contributed by atoms with Crippen molar-refractivity contribution in [3.05, 3.63) is 119 Å². The summed E-state index contributed by atoms with van der Waals surface area (Å²) in [4.78, 5) is 29.8. The second-order valence-corrected chi connectivity index (χ2v) is 13.6. The molecule has 0 spiro atoms. The highest BCUT2D eigenvalue weighted by atomic mass is 35.5. The average molecular weight is 678 g/mol. The fourth-order valence-electron chi connectivity index (χ4n) is 5.15. The Bertz CT molecular complexity index is 1780. The highest BCUT2D eigenvalue weighted by Crippen LogP contribution is 2.33. The monoisotopic (exact) mass is 677 g/mol. The quantitative estimate of drug-likeness (QED) is 0.175. The van der Waals surface area contributed by atoms with Gasteiger partial charge in [0.2, 0.25) is 11.8 Å². The molecule has 1 atom stereocenters. The first kappa shape index (κ1) is 35.3. The summed E-state index contributed by atoms with van der Waals surface area (Å²) in [6.45, 7) is 5.12. The molecule has 4 aromatic carbocycles. The van der Waals surface area contributed by atoms with E-state index in [9.17, 15) is 18.0 Å². The van der Waals surface area contributed by atoms with Crippen LogP contribution in [0, 0.1) is 6.92 Å². The van der Waals surface area contributed by atoms with E-state index in [1.54, 1.807) is 12.1 Å². The van der Waals surface area contributed by atoms with Gasteiger partial charge < -0.3 is 19.7 Å². The summed E-state index contributed by atoms with van der Waals surface area (Å²) in [6.07, 6.45) is 0.223. The lowest BCUT2D eigenvalue weighted by atomic mass is 10.0. The molecule has 0 fully saturated rings. The minimum atomic E-state index is -4.35. The van der Waals surface area contributed by atoms with Gasteiger partial charge in [0.1, 0.15) is 12.6 Å². The number of carbonyl (C=O) groups excluding carboxylic acids is 2.